The van der Waals surface area contributed by atoms with Gasteiger partial charge in [-0.25, -0.2) is 0 Å². The Morgan fingerprint density at radius 3 is 2.52 bits per heavy atom. The molecule has 1 aliphatic rings. The van der Waals surface area contributed by atoms with Crippen LogP contribution in [0.25, 0.3) is 0 Å². The number of hydrogen-bond donors (Lipinski definition) is 1. The fourth-order valence-corrected chi connectivity index (χ4v) is 2.58. The normalized spacial score (nSPS) is 21.0. The molecular weight excluding hydrogens is 262 g/mol. The van der Waals surface area contributed by atoms with Gasteiger partial charge in [0.2, 0.25) is 0 Å². The Labute approximate surface area is 123 Å². The van der Waals surface area contributed by atoms with Crippen LogP contribution in [0.4, 0.5) is 11.4 Å². The molecule has 0 fully saturated rings. The van der Waals surface area contributed by atoms with Crippen LogP contribution in [0.1, 0.15) is 17.3 Å². The number of rotatable bonds is 1. The number of fused-ring (bicyclic) bond motifs is 1. The van der Waals surface area contributed by atoms with Crippen molar-refractivity contribution in [2.75, 3.05) is 16.8 Å². The van der Waals surface area contributed by atoms with Gasteiger partial charge in [0, 0.05) is 11.4 Å². The lowest BCUT2D eigenvalue weighted by Gasteiger charge is -2.34. The predicted molar refractivity (Wildman–Crippen MR) is 82.2 cm³/mol. The molecular formula is C17H15N3O. The van der Waals surface area contributed by atoms with Crippen molar-refractivity contribution in [3.8, 4) is 6.07 Å². The van der Waals surface area contributed by atoms with E-state index in [1.807, 2.05) is 48.5 Å². The van der Waals surface area contributed by atoms with E-state index in [1.165, 1.54) is 0 Å². The van der Waals surface area contributed by atoms with E-state index in [4.69, 9.17) is 0 Å². The van der Waals surface area contributed by atoms with Crippen LogP contribution in [0, 0.1) is 11.3 Å². The van der Waals surface area contributed by atoms with Gasteiger partial charge in [-0.05, 0) is 31.2 Å². The standard InChI is InChI=1S/C17H15N3O/c1-17(11-18)12-19-15-10-6-5-9-14(15)16(21)20(17)13-7-3-2-4-8-13/h2-10,19H,12H2,1H3/t17-/m1/s1. The molecule has 1 N–H and O–H groups in total. The SMILES string of the molecule is C[C@@]1(C#N)CNc2ccccc2C(=O)N1c1ccccc1. The molecule has 4 heteroatoms. The van der Waals surface area contributed by atoms with Crippen LogP contribution in [0.5, 0.6) is 0 Å². The summed E-state index contributed by atoms with van der Waals surface area (Å²) >= 11 is 0. The summed E-state index contributed by atoms with van der Waals surface area (Å²) in [6, 6.07) is 18.9. The summed E-state index contributed by atoms with van der Waals surface area (Å²) in [5.74, 6) is -0.161. The Bertz CT molecular complexity index is 720. The predicted octanol–water partition coefficient (Wildman–Crippen LogP) is 3.04. The van der Waals surface area contributed by atoms with Crippen LogP contribution in [0.15, 0.2) is 54.6 Å². The lowest BCUT2D eigenvalue weighted by molar-refractivity contribution is 0.0974. The molecule has 0 aromatic heterocycles. The topological polar surface area (TPSA) is 56.1 Å². The fraction of sp³-hybridized carbons (Fsp3) is 0.176. The lowest BCUT2D eigenvalue weighted by Crippen LogP contribution is -2.51. The van der Waals surface area contributed by atoms with Crippen molar-refractivity contribution in [1.82, 2.24) is 0 Å². The van der Waals surface area contributed by atoms with Gasteiger partial charge in [-0.2, -0.15) is 5.26 Å². The van der Waals surface area contributed by atoms with Gasteiger partial charge < -0.3 is 5.32 Å². The maximum atomic E-state index is 12.9. The number of nitriles is 1. The van der Waals surface area contributed by atoms with Gasteiger partial charge in [0.25, 0.3) is 5.91 Å². The van der Waals surface area contributed by atoms with Crippen molar-refractivity contribution in [3.05, 3.63) is 60.2 Å². The average Bonchev–Trinajstić information content (AvgIpc) is 2.64. The van der Waals surface area contributed by atoms with Gasteiger partial charge in [-0.3, -0.25) is 9.69 Å². The van der Waals surface area contributed by atoms with Crippen molar-refractivity contribution in [2.24, 2.45) is 0 Å². The summed E-state index contributed by atoms with van der Waals surface area (Å²) in [6.07, 6.45) is 0. The zero-order chi connectivity index (χ0) is 14.9. The lowest BCUT2D eigenvalue weighted by atomic mass is 10.0. The molecule has 2 aromatic rings. The molecule has 0 saturated carbocycles. The van der Waals surface area contributed by atoms with Crippen molar-refractivity contribution < 1.29 is 4.79 Å². The van der Waals surface area contributed by atoms with E-state index in [0.717, 1.165) is 11.4 Å². The van der Waals surface area contributed by atoms with Gasteiger partial charge in [-0.15, -0.1) is 0 Å². The number of nitrogens with one attached hydrogen (secondary N) is 1. The van der Waals surface area contributed by atoms with Gasteiger partial charge in [0.15, 0.2) is 0 Å². The largest absolute Gasteiger partial charge is 0.381 e. The highest BCUT2D eigenvalue weighted by Gasteiger charge is 2.40. The summed E-state index contributed by atoms with van der Waals surface area (Å²) in [5, 5.41) is 12.8. The number of carbonyl (C=O) groups is 1. The molecule has 0 saturated heterocycles. The monoisotopic (exact) mass is 277 g/mol. The second-order valence-corrected chi connectivity index (χ2v) is 5.26. The van der Waals surface area contributed by atoms with Crippen LogP contribution in [-0.2, 0) is 0 Å². The molecule has 0 unspecified atom stereocenters. The van der Waals surface area contributed by atoms with Gasteiger partial charge >= 0.3 is 0 Å². The second-order valence-electron chi connectivity index (χ2n) is 5.26. The quantitative estimate of drug-likeness (QED) is 0.871. The molecule has 1 atom stereocenters. The van der Waals surface area contributed by atoms with Crippen molar-refractivity contribution >= 4 is 17.3 Å². The molecule has 0 radical (unpaired) electrons. The number of nitrogens with zero attached hydrogens (tertiary/aromatic N) is 2. The molecule has 3 rings (SSSR count). The maximum Gasteiger partial charge on any atom is 0.261 e. The minimum absolute atomic E-state index is 0.161. The number of amides is 1. The van der Waals surface area contributed by atoms with E-state index in [1.54, 1.807) is 17.9 Å². The summed E-state index contributed by atoms with van der Waals surface area (Å²) in [4.78, 5) is 14.5. The first-order chi connectivity index (χ1) is 10.2. The van der Waals surface area contributed by atoms with E-state index in [0.29, 0.717) is 12.1 Å². The number of benzene rings is 2. The highest BCUT2D eigenvalue weighted by Crippen LogP contribution is 2.31. The summed E-state index contributed by atoms with van der Waals surface area (Å²) < 4.78 is 0. The number of para-hydroxylation sites is 2. The smallest absolute Gasteiger partial charge is 0.261 e. The molecule has 1 aliphatic heterocycles. The number of hydrogen-bond acceptors (Lipinski definition) is 3. The molecule has 1 amide bonds. The van der Waals surface area contributed by atoms with Crippen molar-refractivity contribution in [1.29, 1.82) is 5.26 Å². The van der Waals surface area contributed by atoms with E-state index in [-0.39, 0.29) is 5.91 Å². The van der Waals surface area contributed by atoms with Crippen LogP contribution in [0.2, 0.25) is 0 Å². The first kappa shape index (κ1) is 13.2. The Balaban J connectivity index is 2.18. The van der Waals surface area contributed by atoms with E-state index in [9.17, 15) is 10.1 Å². The molecule has 2 aromatic carbocycles. The maximum absolute atomic E-state index is 12.9. The number of carbonyl (C=O) groups excluding carboxylic acids is 1. The third kappa shape index (κ3) is 2.13. The van der Waals surface area contributed by atoms with Crippen LogP contribution >= 0.6 is 0 Å². The first-order valence-electron chi connectivity index (χ1n) is 6.79. The molecule has 0 bridgehead atoms. The van der Waals surface area contributed by atoms with Crippen molar-refractivity contribution in [2.45, 2.75) is 12.5 Å². The zero-order valence-electron chi connectivity index (χ0n) is 11.7. The molecule has 0 aliphatic carbocycles. The molecule has 21 heavy (non-hydrogen) atoms. The third-order valence-corrected chi connectivity index (χ3v) is 3.73. The third-order valence-electron chi connectivity index (χ3n) is 3.73. The molecule has 1 heterocycles. The van der Waals surface area contributed by atoms with Gasteiger partial charge in [-0.1, -0.05) is 30.3 Å². The highest BCUT2D eigenvalue weighted by molar-refractivity contribution is 6.11. The van der Waals surface area contributed by atoms with Crippen LogP contribution in [0.3, 0.4) is 0 Å². The van der Waals surface area contributed by atoms with Crippen LogP contribution in [-0.4, -0.2) is 18.0 Å². The van der Waals surface area contributed by atoms with Gasteiger partial charge in [0.1, 0.15) is 5.54 Å². The Kier molecular flexibility index (Phi) is 3.11. The van der Waals surface area contributed by atoms with Gasteiger partial charge in [0.05, 0.1) is 18.2 Å². The fourth-order valence-electron chi connectivity index (χ4n) is 2.58. The van der Waals surface area contributed by atoms with E-state index in [2.05, 4.69) is 11.4 Å². The first-order valence-corrected chi connectivity index (χ1v) is 6.79. The Morgan fingerprint density at radius 1 is 1.14 bits per heavy atom. The number of anilines is 2. The van der Waals surface area contributed by atoms with E-state index >= 15 is 0 Å². The Hall–Kier alpha value is -2.80. The second kappa shape index (κ2) is 4.95. The summed E-state index contributed by atoms with van der Waals surface area (Å²) in [6.45, 7) is 2.15. The summed E-state index contributed by atoms with van der Waals surface area (Å²) in [5.41, 5.74) is 1.13. The Morgan fingerprint density at radius 2 is 1.81 bits per heavy atom. The minimum atomic E-state index is -0.947. The highest BCUT2D eigenvalue weighted by atomic mass is 16.2. The van der Waals surface area contributed by atoms with Crippen molar-refractivity contribution in [3.63, 3.8) is 0 Å². The molecule has 104 valence electrons. The average molecular weight is 277 g/mol. The van der Waals surface area contributed by atoms with E-state index < -0.39 is 5.54 Å². The zero-order valence-corrected chi connectivity index (χ0v) is 11.7. The summed E-state index contributed by atoms with van der Waals surface area (Å²) in [7, 11) is 0. The molecule has 0 spiro atoms. The van der Waals surface area contributed by atoms with Crippen LogP contribution < -0.4 is 10.2 Å². The minimum Gasteiger partial charge on any atom is -0.381 e. The molecule has 4 nitrogen and oxygen atoms in total.